The second-order valence-electron chi connectivity index (χ2n) is 26.9. The highest BCUT2D eigenvalue weighted by molar-refractivity contribution is 7.47. The van der Waals surface area contributed by atoms with Gasteiger partial charge in [-0.15, -0.1) is 0 Å². The Labute approximate surface area is 568 Å². The van der Waals surface area contributed by atoms with E-state index in [9.17, 15) is 43.2 Å². The lowest BCUT2D eigenvalue weighted by Gasteiger charge is -2.21. The zero-order valence-corrected chi connectivity index (χ0v) is 62.2. The summed E-state index contributed by atoms with van der Waals surface area (Å²) in [6, 6.07) is 0. The first-order valence-corrected chi connectivity index (χ1v) is 41.7. The molecule has 19 heteroatoms. The number of aliphatic hydroxyl groups is 1. The molecule has 0 fully saturated rings. The molecule has 0 aliphatic heterocycles. The molecule has 17 nitrogen and oxygen atoms in total. The molecule has 0 aliphatic carbocycles. The fourth-order valence-corrected chi connectivity index (χ4v) is 12.9. The third kappa shape index (κ3) is 67.0. The number of phosphoric acid groups is 2. The Bertz CT molecular complexity index is 1790. The molecule has 0 saturated carbocycles. The van der Waals surface area contributed by atoms with Crippen molar-refractivity contribution in [2.45, 2.75) is 406 Å². The Balaban J connectivity index is 5.21. The molecular formula is C74H144O17P2. The second-order valence-corrected chi connectivity index (χ2v) is 29.8. The van der Waals surface area contributed by atoms with E-state index < -0.39 is 97.5 Å². The number of hydrogen-bond acceptors (Lipinski definition) is 15. The number of aliphatic hydroxyl groups excluding tert-OH is 1. The highest BCUT2D eigenvalue weighted by Gasteiger charge is 2.30. The zero-order valence-electron chi connectivity index (χ0n) is 60.4. The van der Waals surface area contributed by atoms with Crippen LogP contribution in [0.15, 0.2) is 0 Å². The highest BCUT2D eigenvalue weighted by Crippen LogP contribution is 2.45. The van der Waals surface area contributed by atoms with Crippen LogP contribution >= 0.6 is 15.6 Å². The van der Waals surface area contributed by atoms with Crippen molar-refractivity contribution in [1.29, 1.82) is 0 Å². The summed E-state index contributed by atoms with van der Waals surface area (Å²) < 4.78 is 68.4. The molecule has 0 aromatic carbocycles. The lowest BCUT2D eigenvalue weighted by atomic mass is 9.99. The van der Waals surface area contributed by atoms with E-state index in [-0.39, 0.29) is 25.7 Å². The fourth-order valence-electron chi connectivity index (χ4n) is 11.3. The summed E-state index contributed by atoms with van der Waals surface area (Å²) in [7, 11) is -9.90. The largest absolute Gasteiger partial charge is 0.472 e. The molecule has 0 radical (unpaired) electrons. The van der Waals surface area contributed by atoms with Crippen LogP contribution in [0.4, 0.5) is 0 Å². The molecule has 0 aromatic rings. The van der Waals surface area contributed by atoms with E-state index in [1.807, 2.05) is 0 Å². The SMILES string of the molecule is CCCCCCCCCCCCCCCCCCCCC(=O)O[C@H](COC(=O)CCCCCCCCCCCCCCCCC)COP(=O)(O)OC[C@@H](O)COP(=O)(O)OC[C@@H](COC(=O)CCCCCCCCCC)OC(=O)CCCCCCCCCCC(C)CC. The van der Waals surface area contributed by atoms with Crippen molar-refractivity contribution < 1.29 is 80.2 Å². The molecule has 6 atom stereocenters. The van der Waals surface area contributed by atoms with Crippen LogP contribution in [0.3, 0.4) is 0 Å². The molecule has 552 valence electrons. The van der Waals surface area contributed by atoms with E-state index >= 15 is 0 Å². The van der Waals surface area contributed by atoms with E-state index in [1.165, 1.54) is 205 Å². The normalized spacial score (nSPS) is 14.3. The number of ether oxygens (including phenoxy) is 4. The summed E-state index contributed by atoms with van der Waals surface area (Å²) in [6.45, 7) is 7.25. The number of carbonyl (C=O) groups excluding carboxylic acids is 4. The molecule has 0 aromatic heterocycles. The number of carbonyl (C=O) groups is 4. The summed E-state index contributed by atoms with van der Waals surface area (Å²) in [4.78, 5) is 72.6. The maximum Gasteiger partial charge on any atom is 0.472 e. The third-order valence-corrected chi connectivity index (χ3v) is 19.5. The Morgan fingerprint density at radius 3 is 0.763 bits per heavy atom. The maximum atomic E-state index is 13.1. The van der Waals surface area contributed by atoms with Gasteiger partial charge in [0, 0.05) is 25.7 Å². The van der Waals surface area contributed by atoms with Gasteiger partial charge in [0.1, 0.15) is 19.3 Å². The molecule has 0 saturated heterocycles. The smallest absolute Gasteiger partial charge is 0.462 e. The van der Waals surface area contributed by atoms with E-state index in [4.69, 9.17) is 37.0 Å². The molecule has 0 rings (SSSR count). The zero-order chi connectivity index (χ0) is 68.4. The van der Waals surface area contributed by atoms with Gasteiger partial charge < -0.3 is 33.8 Å². The molecule has 3 unspecified atom stereocenters. The van der Waals surface area contributed by atoms with Crippen LogP contribution in [0.5, 0.6) is 0 Å². The average molecular weight is 1370 g/mol. The van der Waals surface area contributed by atoms with Gasteiger partial charge in [0.15, 0.2) is 12.2 Å². The molecule has 0 bridgehead atoms. The quantitative estimate of drug-likeness (QED) is 0.0222. The van der Waals surface area contributed by atoms with E-state index in [1.54, 1.807) is 0 Å². The number of hydrogen-bond donors (Lipinski definition) is 3. The summed E-state index contributed by atoms with van der Waals surface area (Å²) in [5.41, 5.74) is 0. The van der Waals surface area contributed by atoms with Gasteiger partial charge in [0.2, 0.25) is 0 Å². The fraction of sp³-hybridized carbons (Fsp3) is 0.946. The minimum atomic E-state index is -4.95. The molecular weight excluding hydrogens is 1220 g/mol. The van der Waals surface area contributed by atoms with Crippen LogP contribution in [0.25, 0.3) is 0 Å². The highest BCUT2D eigenvalue weighted by atomic mass is 31.2. The summed E-state index contributed by atoms with van der Waals surface area (Å²) >= 11 is 0. The predicted molar refractivity (Wildman–Crippen MR) is 377 cm³/mol. The lowest BCUT2D eigenvalue weighted by molar-refractivity contribution is -0.161. The van der Waals surface area contributed by atoms with Gasteiger partial charge in [-0.3, -0.25) is 37.3 Å². The van der Waals surface area contributed by atoms with Gasteiger partial charge in [-0.25, -0.2) is 9.13 Å². The number of phosphoric ester groups is 2. The van der Waals surface area contributed by atoms with Gasteiger partial charge >= 0.3 is 39.5 Å². The molecule has 93 heavy (non-hydrogen) atoms. The van der Waals surface area contributed by atoms with Crippen molar-refractivity contribution in [3.8, 4) is 0 Å². The van der Waals surface area contributed by atoms with E-state index in [2.05, 4.69) is 34.6 Å². The van der Waals surface area contributed by atoms with Crippen molar-refractivity contribution in [3.05, 3.63) is 0 Å². The third-order valence-electron chi connectivity index (χ3n) is 17.6. The Morgan fingerprint density at radius 1 is 0.301 bits per heavy atom. The number of esters is 4. The first-order valence-electron chi connectivity index (χ1n) is 38.7. The Kier molecular flexibility index (Phi) is 65.9. The van der Waals surface area contributed by atoms with Crippen LogP contribution in [0, 0.1) is 5.92 Å². The Hall–Kier alpha value is -1.94. The number of rotatable bonds is 74. The topological polar surface area (TPSA) is 237 Å². The molecule has 0 heterocycles. The Morgan fingerprint density at radius 2 is 0.516 bits per heavy atom. The van der Waals surface area contributed by atoms with Crippen molar-refractivity contribution in [3.63, 3.8) is 0 Å². The maximum absolute atomic E-state index is 13.1. The van der Waals surface area contributed by atoms with Gasteiger partial charge in [-0.05, 0) is 31.6 Å². The van der Waals surface area contributed by atoms with Crippen molar-refractivity contribution >= 4 is 39.5 Å². The predicted octanol–water partition coefficient (Wildman–Crippen LogP) is 21.7. The van der Waals surface area contributed by atoms with E-state index in [0.717, 1.165) is 102 Å². The van der Waals surface area contributed by atoms with Crippen LogP contribution in [0.1, 0.15) is 388 Å². The molecule has 0 aliphatic rings. The van der Waals surface area contributed by atoms with Gasteiger partial charge in [0.05, 0.1) is 26.4 Å². The van der Waals surface area contributed by atoms with Gasteiger partial charge in [0.25, 0.3) is 0 Å². The minimum Gasteiger partial charge on any atom is -0.462 e. The van der Waals surface area contributed by atoms with Crippen LogP contribution in [-0.2, 0) is 65.4 Å². The van der Waals surface area contributed by atoms with E-state index in [0.29, 0.717) is 25.7 Å². The average Bonchev–Trinajstić information content (AvgIpc) is 1.57. The first kappa shape index (κ1) is 91.1. The summed E-state index contributed by atoms with van der Waals surface area (Å²) in [5.74, 6) is -1.35. The van der Waals surface area contributed by atoms with Crippen LogP contribution in [-0.4, -0.2) is 96.7 Å². The van der Waals surface area contributed by atoms with Crippen LogP contribution in [0.2, 0.25) is 0 Å². The van der Waals surface area contributed by atoms with Crippen molar-refractivity contribution in [2.24, 2.45) is 5.92 Å². The first-order chi connectivity index (χ1) is 45.1. The van der Waals surface area contributed by atoms with Crippen molar-refractivity contribution in [1.82, 2.24) is 0 Å². The van der Waals surface area contributed by atoms with Crippen LogP contribution < -0.4 is 0 Å². The standard InChI is InChI=1S/C74H144O17P2/c1-6-10-13-16-19-22-24-26-28-29-30-32-34-36-38-44-49-54-59-73(78)90-70(64-85-72(77)58-53-48-43-37-35-33-31-27-25-23-20-17-14-11-7-2)66-89-93(82,83)87-62-68(75)61-86-92(80,81)88-65-69(63-84-71(76)57-52-47-42-21-18-15-12-8-3)91-74(79)60-55-50-45-40-39-41-46-51-56-67(5)9-4/h67-70,75H,6-66H2,1-5H3,(H,80,81)(H,82,83)/t67?,68-,69+,70+/m0/s1. The molecule has 3 N–H and O–H groups in total. The van der Waals surface area contributed by atoms with Crippen molar-refractivity contribution in [2.75, 3.05) is 39.6 Å². The van der Waals surface area contributed by atoms with Gasteiger partial charge in [-0.2, -0.15) is 0 Å². The number of unbranched alkanes of at least 4 members (excludes halogenated alkanes) is 45. The lowest BCUT2D eigenvalue weighted by Crippen LogP contribution is -2.30. The monoisotopic (exact) mass is 1370 g/mol. The summed E-state index contributed by atoms with van der Waals surface area (Å²) in [5, 5.41) is 10.6. The molecule has 0 amide bonds. The minimum absolute atomic E-state index is 0.105. The summed E-state index contributed by atoms with van der Waals surface area (Å²) in [6.07, 6.45) is 55.5. The molecule has 0 spiro atoms. The van der Waals surface area contributed by atoms with Gasteiger partial charge in [-0.1, -0.05) is 336 Å². The second kappa shape index (κ2) is 67.3.